The number of nitrogen functional groups attached to an aromatic ring is 2. The molecule has 3 unspecified atom stereocenters. The van der Waals surface area contributed by atoms with E-state index in [2.05, 4.69) is 64.9 Å². The number of ether oxygens (including phenoxy) is 4. The Morgan fingerprint density at radius 1 is 1.19 bits per heavy atom. The second kappa shape index (κ2) is 13.3. The second-order valence-electron chi connectivity index (χ2n) is 9.10. The summed E-state index contributed by atoms with van der Waals surface area (Å²) in [5, 5.41) is 0. The normalized spacial score (nSPS) is 23.1. The SMILES string of the molecule is COC(C[C@@H](OS)n1cnc2c(=O)[nH]c(N)nc21)OC(S)OC[C@@H]1[C@H](F)[C@H](n2cnc3c(N)ncnc32)O[C@@H]1COP. The standard InChI is InChI=1S/C21H28FN10O7PS2/c1-34-11(2-10(39-42)31-6-28-14-17(31)29-20(24)30-18(14)33)38-21(41)35-3-8-9(4-36-40)37-19(12(8)22)32-7-27-13-15(23)25-5-26-16(13)32/h5-12,19,21,41-42H,2-4,40H2,1H3,(H2,23,25,26)(H3,24,29,30,33)/t8-,9+,10+,11?,12-,19+,21?/m0/s1. The first-order chi connectivity index (χ1) is 20.2. The first-order valence-corrected chi connectivity index (χ1v) is 13.7. The van der Waals surface area contributed by atoms with E-state index in [1.807, 2.05) is 0 Å². The minimum Gasteiger partial charge on any atom is -0.382 e. The van der Waals surface area contributed by atoms with Gasteiger partial charge in [-0.25, -0.2) is 24.3 Å². The van der Waals surface area contributed by atoms with E-state index in [1.165, 1.54) is 35.2 Å². The molecule has 0 saturated carbocycles. The van der Waals surface area contributed by atoms with Crippen molar-refractivity contribution in [2.45, 2.75) is 43.1 Å². The lowest BCUT2D eigenvalue weighted by atomic mass is 10.0. The number of fused-ring (bicyclic) bond motifs is 2. The van der Waals surface area contributed by atoms with Gasteiger partial charge in [0.15, 0.2) is 47.5 Å². The molecule has 228 valence electrons. The fourth-order valence-electron chi connectivity index (χ4n) is 4.60. The van der Waals surface area contributed by atoms with Gasteiger partial charge in [0.25, 0.3) is 5.56 Å². The molecule has 1 fully saturated rings. The van der Waals surface area contributed by atoms with Gasteiger partial charge < -0.3 is 34.9 Å². The van der Waals surface area contributed by atoms with Crippen molar-refractivity contribution in [1.29, 1.82) is 0 Å². The number of hydrogen-bond donors (Lipinski definition) is 5. The van der Waals surface area contributed by atoms with Gasteiger partial charge in [-0.2, -0.15) is 4.98 Å². The summed E-state index contributed by atoms with van der Waals surface area (Å²) in [6, 6.07) is 0. The third-order valence-corrected chi connectivity index (χ3v) is 7.34. The number of methoxy groups -OCH3 is 1. The van der Waals surface area contributed by atoms with Crippen LogP contribution in [-0.4, -0.2) is 83.5 Å². The molecule has 5 heterocycles. The van der Waals surface area contributed by atoms with E-state index in [4.69, 9.17) is 39.1 Å². The number of H-pyrrole nitrogens is 1. The van der Waals surface area contributed by atoms with Gasteiger partial charge >= 0.3 is 0 Å². The molecule has 0 spiro atoms. The number of alkyl halides is 1. The highest BCUT2D eigenvalue weighted by molar-refractivity contribution is 7.80. The van der Waals surface area contributed by atoms with E-state index < -0.39 is 48.1 Å². The van der Waals surface area contributed by atoms with Crippen LogP contribution in [0.4, 0.5) is 16.2 Å². The molecule has 5 N–H and O–H groups in total. The molecule has 1 aliphatic rings. The molecule has 0 bridgehead atoms. The Kier molecular flexibility index (Phi) is 9.75. The quantitative estimate of drug-likeness (QED) is 0.0587. The van der Waals surface area contributed by atoms with Crippen LogP contribution in [0.1, 0.15) is 18.9 Å². The lowest BCUT2D eigenvalue weighted by Crippen LogP contribution is -2.33. The van der Waals surface area contributed by atoms with E-state index >= 15 is 4.39 Å². The van der Waals surface area contributed by atoms with Crippen molar-refractivity contribution in [2.75, 3.05) is 31.8 Å². The number of hydrogen-bond acceptors (Lipinski definition) is 16. The summed E-state index contributed by atoms with van der Waals surface area (Å²) in [7, 11) is 3.52. The molecule has 1 aliphatic heterocycles. The van der Waals surface area contributed by atoms with Gasteiger partial charge in [0.2, 0.25) is 11.6 Å². The van der Waals surface area contributed by atoms with E-state index in [1.54, 1.807) is 0 Å². The van der Waals surface area contributed by atoms with Crippen molar-refractivity contribution < 1.29 is 32.0 Å². The van der Waals surface area contributed by atoms with Crippen LogP contribution in [0.15, 0.2) is 23.8 Å². The van der Waals surface area contributed by atoms with Gasteiger partial charge in [-0.15, -0.1) is 12.6 Å². The highest BCUT2D eigenvalue weighted by atomic mass is 32.1. The maximum absolute atomic E-state index is 15.8. The van der Waals surface area contributed by atoms with Crippen LogP contribution in [-0.2, 0) is 27.7 Å². The van der Waals surface area contributed by atoms with Crippen molar-refractivity contribution in [3.8, 4) is 0 Å². The number of nitrogens with two attached hydrogens (primary N) is 2. The number of aromatic nitrogens is 8. The Morgan fingerprint density at radius 2 is 1.98 bits per heavy atom. The highest BCUT2D eigenvalue weighted by Crippen LogP contribution is 2.39. The lowest BCUT2D eigenvalue weighted by Gasteiger charge is -2.26. The second-order valence-corrected chi connectivity index (χ2v) is 10.1. The first-order valence-electron chi connectivity index (χ1n) is 12.3. The zero-order valence-electron chi connectivity index (χ0n) is 21.9. The zero-order chi connectivity index (χ0) is 30.0. The van der Waals surface area contributed by atoms with Crippen LogP contribution in [0, 0.1) is 5.92 Å². The van der Waals surface area contributed by atoms with Gasteiger partial charge in [-0.05, 0) is 12.9 Å². The molecule has 0 radical (unpaired) electrons. The lowest BCUT2D eigenvalue weighted by molar-refractivity contribution is -0.215. The third kappa shape index (κ3) is 6.17. The Labute approximate surface area is 250 Å². The molecule has 0 amide bonds. The molecule has 0 aromatic carbocycles. The van der Waals surface area contributed by atoms with Crippen LogP contribution in [0.5, 0.6) is 0 Å². The molecule has 4 aromatic heterocycles. The summed E-state index contributed by atoms with van der Waals surface area (Å²) >= 11 is 8.28. The number of anilines is 2. The number of halogens is 1. The van der Waals surface area contributed by atoms with Crippen LogP contribution in [0.3, 0.4) is 0 Å². The monoisotopic (exact) mass is 646 g/mol. The number of imidazole rings is 2. The van der Waals surface area contributed by atoms with Crippen molar-refractivity contribution >= 4 is 69.1 Å². The first kappa shape index (κ1) is 30.8. The van der Waals surface area contributed by atoms with Crippen molar-refractivity contribution in [2.24, 2.45) is 5.92 Å². The van der Waals surface area contributed by atoms with Crippen LogP contribution < -0.4 is 17.0 Å². The van der Waals surface area contributed by atoms with Crippen LogP contribution >= 0.6 is 35.0 Å². The third-order valence-electron chi connectivity index (χ3n) is 6.63. The average Bonchev–Trinajstić information content (AvgIpc) is 3.66. The number of nitrogens with zero attached hydrogens (tertiary/aromatic N) is 7. The molecule has 4 aromatic rings. The summed E-state index contributed by atoms with van der Waals surface area (Å²) in [6.07, 6.45) is -1.02. The Morgan fingerprint density at radius 3 is 2.71 bits per heavy atom. The summed E-state index contributed by atoms with van der Waals surface area (Å²) in [5.74, 6) is -0.698. The molecule has 42 heavy (non-hydrogen) atoms. The summed E-state index contributed by atoms with van der Waals surface area (Å²) in [4.78, 5) is 34.9. The van der Waals surface area contributed by atoms with Gasteiger partial charge in [-0.1, -0.05) is 0 Å². The molecular formula is C21H28FN10O7PS2. The van der Waals surface area contributed by atoms with Gasteiger partial charge in [0, 0.05) is 28.9 Å². The average molecular weight is 647 g/mol. The van der Waals surface area contributed by atoms with Crippen molar-refractivity contribution in [1.82, 2.24) is 39.0 Å². The van der Waals surface area contributed by atoms with Gasteiger partial charge in [-0.3, -0.25) is 23.1 Å². The van der Waals surface area contributed by atoms with Gasteiger partial charge in [0.1, 0.15) is 11.8 Å². The predicted octanol–water partition coefficient (Wildman–Crippen LogP) is 0.751. The summed E-state index contributed by atoms with van der Waals surface area (Å²) in [5.41, 5.74) is 10.8. The Hall–Kier alpha value is -2.68. The summed E-state index contributed by atoms with van der Waals surface area (Å²) in [6.45, 7) is -0.0747. The van der Waals surface area contributed by atoms with E-state index in [-0.39, 0.29) is 42.6 Å². The van der Waals surface area contributed by atoms with E-state index in [0.29, 0.717) is 11.2 Å². The number of aromatic amines is 1. The Bertz CT molecular complexity index is 1580. The Balaban J connectivity index is 1.23. The van der Waals surface area contributed by atoms with Crippen LogP contribution in [0.25, 0.3) is 22.3 Å². The van der Waals surface area contributed by atoms with Gasteiger partial charge in [0.05, 0.1) is 32.0 Å². The van der Waals surface area contributed by atoms with Crippen molar-refractivity contribution in [3.63, 3.8) is 0 Å². The molecule has 0 aliphatic carbocycles. The summed E-state index contributed by atoms with van der Waals surface area (Å²) < 4.78 is 52.0. The zero-order valence-corrected chi connectivity index (χ0v) is 24.8. The fourth-order valence-corrected chi connectivity index (χ4v) is 5.20. The molecule has 1 saturated heterocycles. The fraction of sp³-hybridized carbons (Fsp3) is 0.524. The van der Waals surface area contributed by atoms with E-state index in [9.17, 15) is 4.79 Å². The molecule has 8 atom stereocenters. The van der Waals surface area contributed by atoms with Crippen molar-refractivity contribution in [3.05, 3.63) is 29.3 Å². The smallest absolute Gasteiger partial charge is 0.280 e. The maximum atomic E-state index is 15.8. The van der Waals surface area contributed by atoms with Crippen LogP contribution in [0.2, 0.25) is 0 Å². The molecule has 5 rings (SSSR count). The maximum Gasteiger partial charge on any atom is 0.280 e. The number of rotatable bonds is 13. The van der Waals surface area contributed by atoms with E-state index in [0.717, 1.165) is 0 Å². The molecule has 21 heteroatoms. The predicted molar refractivity (Wildman–Crippen MR) is 155 cm³/mol. The molecular weight excluding hydrogens is 618 g/mol. The highest BCUT2D eigenvalue weighted by Gasteiger charge is 2.47. The number of nitrogens with one attached hydrogen (secondary N) is 1. The minimum atomic E-state index is -1.54. The molecule has 17 nitrogen and oxygen atoms in total. The topological polar surface area (TPSA) is 215 Å². The minimum absolute atomic E-state index is 0.0445. The number of thiol groups is 2. The largest absolute Gasteiger partial charge is 0.382 e.